The van der Waals surface area contributed by atoms with Crippen molar-refractivity contribution in [1.82, 2.24) is 29.9 Å². The third-order valence-electron chi connectivity index (χ3n) is 16.0. The van der Waals surface area contributed by atoms with Crippen LogP contribution in [0.5, 0.6) is 5.75 Å². The number of aliphatic hydroxyl groups excluding tert-OH is 1. The molecule has 10 rings (SSSR count). The first kappa shape index (κ1) is 46.7. The van der Waals surface area contributed by atoms with Crippen molar-refractivity contribution in [3.05, 3.63) is 95.4 Å². The fraction of sp³-hybridized carbons (Fsp3) is 0.509. The fourth-order valence-corrected chi connectivity index (χ4v) is 11.8. The highest BCUT2D eigenvalue weighted by Crippen LogP contribution is 2.42. The molecule has 3 aromatic carbocycles. The van der Waals surface area contributed by atoms with Gasteiger partial charge in [-0.2, -0.15) is 0 Å². The molecule has 5 aliphatic heterocycles. The Labute approximate surface area is 402 Å². The van der Waals surface area contributed by atoms with Gasteiger partial charge in [0, 0.05) is 124 Å². The molecule has 3 atom stereocenters. The first-order valence-corrected chi connectivity index (χ1v) is 25.0. The van der Waals surface area contributed by atoms with Gasteiger partial charge in [-0.15, -0.1) is 0 Å². The van der Waals surface area contributed by atoms with Gasteiger partial charge in [0.2, 0.25) is 23.6 Å². The van der Waals surface area contributed by atoms with Gasteiger partial charge in [0.1, 0.15) is 23.7 Å². The molecule has 1 saturated carbocycles. The molecule has 1 aromatic heterocycles. The third kappa shape index (κ3) is 10.1. The van der Waals surface area contributed by atoms with Crippen LogP contribution in [0.3, 0.4) is 0 Å². The van der Waals surface area contributed by atoms with Crippen LogP contribution in [0.15, 0.2) is 72.9 Å². The van der Waals surface area contributed by atoms with Gasteiger partial charge in [0.25, 0.3) is 5.91 Å². The van der Waals surface area contributed by atoms with Crippen molar-refractivity contribution in [3.63, 3.8) is 0 Å². The van der Waals surface area contributed by atoms with Crippen molar-refractivity contribution < 1.29 is 38.2 Å². The number of nitrogens with one attached hydrogen (secondary N) is 2. The molecule has 4 aromatic rings. The number of carbonyl (C=O) groups is 5. The Kier molecular flexibility index (Phi) is 13.7. The number of piperazine rings is 1. The lowest BCUT2D eigenvalue weighted by atomic mass is 9.73. The van der Waals surface area contributed by atoms with E-state index < -0.39 is 24.1 Å². The quantitative estimate of drug-likeness (QED) is 0.155. The number of aromatic nitrogens is 1. The molecule has 6 aliphatic rings. The minimum atomic E-state index is -1.23. The number of anilines is 2. The number of benzene rings is 3. The van der Waals surface area contributed by atoms with Crippen LogP contribution in [-0.4, -0.2) is 136 Å². The Morgan fingerprint density at radius 1 is 0.841 bits per heavy atom. The first-order valence-electron chi connectivity index (χ1n) is 25.0. The molecule has 16 heteroatoms. The largest absolute Gasteiger partial charge is 0.490 e. The number of nitrogens with zero attached hydrogens (tertiary/aromatic N) is 6. The Morgan fingerprint density at radius 3 is 2.36 bits per heavy atom. The van der Waals surface area contributed by atoms with Gasteiger partial charge in [0.05, 0.1) is 12.1 Å². The molecule has 0 spiro atoms. The maximum Gasteiger partial charge on any atom is 0.257 e. The minimum absolute atomic E-state index is 0.000954. The number of amides is 5. The van der Waals surface area contributed by atoms with Crippen LogP contribution in [0, 0.1) is 17.7 Å². The van der Waals surface area contributed by atoms with Gasteiger partial charge in [-0.3, -0.25) is 49.0 Å². The van der Waals surface area contributed by atoms with Crippen molar-refractivity contribution in [2.45, 2.75) is 101 Å². The van der Waals surface area contributed by atoms with Crippen LogP contribution in [0.25, 0.3) is 10.9 Å². The molecule has 0 radical (unpaired) electrons. The number of fused-ring (bicyclic) bond motifs is 2. The summed E-state index contributed by atoms with van der Waals surface area (Å²) < 4.78 is 20.5. The highest BCUT2D eigenvalue weighted by atomic mass is 19.1. The van der Waals surface area contributed by atoms with Crippen molar-refractivity contribution >= 4 is 51.8 Å². The highest BCUT2D eigenvalue weighted by Gasteiger charge is 2.45. The number of aliphatic hydroxyl groups is 1. The number of pyridine rings is 1. The number of ether oxygens (including phenoxy) is 1. The summed E-state index contributed by atoms with van der Waals surface area (Å²) >= 11 is 0. The number of halogens is 1. The van der Waals surface area contributed by atoms with E-state index in [9.17, 15) is 33.5 Å². The molecule has 2 unspecified atom stereocenters. The molecule has 6 heterocycles. The van der Waals surface area contributed by atoms with Crippen LogP contribution in [0.1, 0.15) is 105 Å². The summed E-state index contributed by atoms with van der Waals surface area (Å²) in [5.74, 6) is -0.274. The van der Waals surface area contributed by atoms with Crippen LogP contribution in [-0.2, 0) is 19.2 Å². The van der Waals surface area contributed by atoms with Crippen LogP contribution < -0.4 is 20.3 Å². The smallest absolute Gasteiger partial charge is 0.257 e. The second-order valence-electron chi connectivity index (χ2n) is 20.0. The third-order valence-corrected chi connectivity index (χ3v) is 16.0. The lowest BCUT2D eigenvalue weighted by molar-refractivity contribution is -0.139. The molecule has 5 fully saturated rings. The lowest BCUT2D eigenvalue weighted by Gasteiger charge is -2.43. The molecule has 1 aliphatic carbocycles. The number of piperidine rings is 3. The predicted octanol–water partition coefficient (Wildman–Crippen LogP) is 5.83. The average molecular weight is 943 g/mol. The maximum absolute atomic E-state index is 14.1. The average Bonchev–Trinajstić information content (AvgIpc) is 3.61. The summed E-state index contributed by atoms with van der Waals surface area (Å²) in [6.07, 6.45) is 8.10. The molecule has 0 bridgehead atoms. The SMILES string of the molecule is C[C@@H](C(=O)Nc1cccc(OC2CCN(C(=O)CN3CCC(N4CCN(c5ccc6c(c5)C(=O)N(C5CCC(=O)NC5=O)C6O)CC4)CC3)CC2)c1)[C@H]1CC[C@@H](c2ccnc3ccc(F)cc32)CC1. The zero-order valence-electron chi connectivity index (χ0n) is 39.4. The van der Waals surface area contributed by atoms with E-state index in [0.29, 0.717) is 54.2 Å². The standard InChI is InChI=1S/C53H63FN8O7/c1-33(34-5-7-35(8-6-34)42-15-20-55-46-12-9-36(54)29-44(42)46)50(65)56-37-3-2-4-41(30-37)69-40-18-23-61(24-19-40)49(64)32-58-21-16-38(17-22-58)59-25-27-60(28-26-59)39-10-11-43-45(31-39)53(68)62(52(43)67)47-13-14-48(63)57-51(47)66/h2-4,9-12,15,20,29-31,33-35,38,40,47,52,67H,5-8,13-14,16-19,21-28,32H2,1H3,(H,56,65)(H,57,63,66)/t33-,34-,35+,47?,52?/m1/s1. The summed E-state index contributed by atoms with van der Waals surface area (Å²) in [7, 11) is 0. The number of hydrogen-bond acceptors (Lipinski definition) is 11. The minimum Gasteiger partial charge on any atom is -0.490 e. The normalized spacial score (nSPS) is 24.9. The van der Waals surface area contributed by atoms with Gasteiger partial charge in [-0.1, -0.05) is 19.1 Å². The summed E-state index contributed by atoms with van der Waals surface area (Å²) in [5, 5.41) is 17.3. The van der Waals surface area contributed by atoms with Gasteiger partial charge >= 0.3 is 0 Å². The van der Waals surface area contributed by atoms with E-state index in [2.05, 4.69) is 30.3 Å². The summed E-state index contributed by atoms with van der Waals surface area (Å²) in [6, 6.07) is 19.5. The second kappa shape index (κ2) is 20.2. The number of likely N-dealkylation sites (tertiary alicyclic amines) is 2. The van der Waals surface area contributed by atoms with Gasteiger partial charge in [0.15, 0.2) is 6.23 Å². The Morgan fingerprint density at radius 2 is 1.61 bits per heavy atom. The molecular formula is C53H63FN8O7. The number of rotatable bonds is 11. The Hall–Kier alpha value is -5.97. The van der Waals surface area contributed by atoms with Crippen molar-refractivity contribution in [3.8, 4) is 5.75 Å². The zero-order valence-corrected chi connectivity index (χ0v) is 39.4. The highest BCUT2D eigenvalue weighted by molar-refractivity contribution is 6.06. The van der Waals surface area contributed by atoms with E-state index in [0.717, 1.165) is 113 Å². The predicted molar refractivity (Wildman–Crippen MR) is 258 cm³/mol. The topological polar surface area (TPSA) is 168 Å². The van der Waals surface area contributed by atoms with E-state index in [4.69, 9.17) is 4.74 Å². The number of imide groups is 1. The Balaban J connectivity index is 0.626. The van der Waals surface area contributed by atoms with Gasteiger partial charge < -0.3 is 25.0 Å². The molecule has 15 nitrogen and oxygen atoms in total. The molecule has 5 amide bonds. The summed E-state index contributed by atoms with van der Waals surface area (Å²) in [6.45, 7) is 8.83. The first-order chi connectivity index (χ1) is 33.4. The van der Waals surface area contributed by atoms with Gasteiger partial charge in [-0.25, -0.2) is 4.39 Å². The summed E-state index contributed by atoms with van der Waals surface area (Å²) in [4.78, 5) is 79.3. The number of carbonyl (C=O) groups excluding carboxylic acids is 5. The lowest BCUT2D eigenvalue weighted by Crippen LogP contribution is -2.54. The van der Waals surface area contributed by atoms with E-state index in [-0.39, 0.29) is 54.3 Å². The Bertz CT molecular complexity index is 2580. The second-order valence-corrected chi connectivity index (χ2v) is 20.0. The number of hydrogen-bond donors (Lipinski definition) is 3. The van der Waals surface area contributed by atoms with Crippen molar-refractivity contribution in [1.29, 1.82) is 0 Å². The zero-order chi connectivity index (χ0) is 47.8. The van der Waals surface area contributed by atoms with Crippen molar-refractivity contribution in [2.24, 2.45) is 11.8 Å². The van der Waals surface area contributed by atoms with E-state index in [1.807, 2.05) is 60.5 Å². The van der Waals surface area contributed by atoms with E-state index in [1.54, 1.807) is 18.2 Å². The fourth-order valence-electron chi connectivity index (χ4n) is 11.8. The molecular weight excluding hydrogens is 880 g/mol. The molecule has 4 saturated heterocycles. The van der Waals surface area contributed by atoms with Crippen LogP contribution in [0.4, 0.5) is 15.8 Å². The monoisotopic (exact) mass is 942 g/mol. The van der Waals surface area contributed by atoms with E-state index >= 15 is 0 Å². The van der Waals surface area contributed by atoms with Gasteiger partial charge in [-0.05, 0) is 111 Å². The van der Waals surface area contributed by atoms with Crippen molar-refractivity contribution in [2.75, 3.05) is 69.1 Å². The van der Waals surface area contributed by atoms with E-state index in [1.165, 1.54) is 11.0 Å². The molecule has 3 N–H and O–H groups in total. The molecule has 364 valence electrons. The maximum atomic E-state index is 14.1. The van der Waals surface area contributed by atoms with Crippen LogP contribution in [0.2, 0.25) is 0 Å². The summed E-state index contributed by atoms with van der Waals surface area (Å²) in [5.41, 5.74) is 4.44. The molecule has 69 heavy (non-hydrogen) atoms. The van der Waals surface area contributed by atoms with Crippen LogP contribution >= 0.6 is 0 Å².